The summed E-state index contributed by atoms with van der Waals surface area (Å²) < 4.78 is 5.27. The smallest absolute Gasteiger partial charge is 0.253 e. The molecule has 2 amide bonds. The lowest BCUT2D eigenvalue weighted by atomic mass is 10.1. The molecule has 1 aliphatic rings. The summed E-state index contributed by atoms with van der Waals surface area (Å²) in [7, 11) is 1.59. The number of carbonyl (C=O) groups excluding carboxylic acids is 2. The van der Waals surface area contributed by atoms with Gasteiger partial charge in [0, 0.05) is 24.3 Å². The van der Waals surface area contributed by atoms with E-state index in [-0.39, 0.29) is 18.4 Å². The average Bonchev–Trinajstić information content (AvgIpc) is 3.01. The van der Waals surface area contributed by atoms with Crippen LogP contribution in [0.2, 0.25) is 0 Å². The highest BCUT2D eigenvalue weighted by Crippen LogP contribution is 2.22. The van der Waals surface area contributed by atoms with E-state index >= 15 is 0 Å². The minimum atomic E-state index is -0.190. The Morgan fingerprint density at radius 1 is 1.00 bits per heavy atom. The van der Waals surface area contributed by atoms with E-state index in [1.54, 1.807) is 31.4 Å². The van der Waals surface area contributed by atoms with Crippen molar-refractivity contribution < 1.29 is 14.3 Å². The highest BCUT2D eigenvalue weighted by atomic mass is 16.5. The Kier molecular flexibility index (Phi) is 6.89. The second kappa shape index (κ2) is 9.78. The molecule has 1 fully saturated rings. The van der Waals surface area contributed by atoms with Crippen LogP contribution in [0.4, 0.5) is 11.4 Å². The number of nitrogens with one attached hydrogen (secondary N) is 2. The van der Waals surface area contributed by atoms with Gasteiger partial charge in [0.2, 0.25) is 5.91 Å². The van der Waals surface area contributed by atoms with Crippen molar-refractivity contribution in [2.45, 2.75) is 25.7 Å². The summed E-state index contributed by atoms with van der Waals surface area (Å²) in [5.74, 6) is 0.524. The monoisotopic (exact) mass is 381 g/mol. The van der Waals surface area contributed by atoms with Crippen molar-refractivity contribution in [2.24, 2.45) is 0 Å². The van der Waals surface area contributed by atoms with Crippen LogP contribution < -0.4 is 15.4 Å². The molecular formula is C22H27N3O3. The maximum absolute atomic E-state index is 12.8. The first kappa shape index (κ1) is 19.7. The fourth-order valence-corrected chi connectivity index (χ4v) is 3.36. The number of carbonyl (C=O) groups is 2. The predicted molar refractivity (Wildman–Crippen MR) is 111 cm³/mol. The second-order valence-corrected chi connectivity index (χ2v) is 6.89. The van der Waals surface area contributed by atoms with Gasteiger partial charge in [-0.05, 0) is 43.2 Å². The van der Waals surface area contributed by atoms with E-state index in [0.29, 0.717) is 17.0 Å². The van der Waals surface area contributed by atoms with Crippen LogP contribution >= 0.6 is 0 Å². The number of nitrogens with zero attached hydrogens (tertiary/aromatic N) is 1. The zero-order valence-corrected chi connectivity index (χ0v) is 16.2. The van der Waals surface area contributed by atoms with Crippen LogP contribution in [-0.4, -0.2) is 43.5 Å². The molecule has 1 saturated heterocycles. The summed E-state index contributed by atoms with van der Waals surface area (Å²) in [6, 6.07) is 14.6. The molecule has 2 N–H and O–H groups in total. The van der Waals surface area contributed by atoms with Crippen molar-refractivity contribution in [1.82, 2.24) is 4.90 Å². The molecule has 0 unspecified atom stereocenters. The Hall–Kier alpha value is -3.02. The number of rotatable bonds is 6. The number of amides is 2. The van der Waals surface area contributed by atoms with Crippen LogP contribution in [-0.2, 0) is 4.79 Å². The van der Waals surface area contributed by atoms with Crippen LogP contribution in [0.15, 0.2) is 48.5 Å². The third-order valence-electron chi connectivity index (χ3n) is 4.83. The van der Waals surface area contributed by atoms with Crippen LogP contribution in [0, 0.1) is 0 Å². The number of ether oxygens (including phenoxy) is 1. The lowest BCUT2D eigenvalue weighted by molar-refractivity contribution is -0.114. The molecule has 28 heavy (non-hydrogen) atoms. The molecule has 0 bridgehead atoms. The Balaban J connectivity index is 1.59. The number of anilines is 2. The van der Waals surface area contributed by atoms with E-state index in [1.807, 2.05) is 29.2 Å². The zero-order chi connectivity index (χ0) is 19.8. The first-order valence-corrected chi connectivity index (χ1v) is 9.73. The van der Waals surface area contributed by atoms with E-state index in [9.17, 15) is 9.59 Å². The second-order valence-electron chi connectivity index (χ2n) is 6.89. The van der Waals surface area contributed by atoms with E-state index in [2.05, 4.69) is 10.6 Å². The van der Waals surface area contributed by atoms with Crippen molar-refractivity contribution in [3.63, 3.8) is 0 Å². The van der Waals surface area contributed by atoms with Crippen LogP contribution in [0.5, 0.6) is 5.75 Å². The van der Waals surface area contributed by atoms with Gasteiger partial charge in [-0.15, -0.1) is 0 Å². The summed E-state index contributed by atoms with van der Waals surface area (Å²) in [6.45, 7) is 1.71. The number of benzene rings is 2. The lowest BCUT2D eigenvalue weighted by Gasteiger charge is -2.20. The summed E-state index contributed by atoms with van der Waals surface area (Å²) in [6.07, 6.45) is 4.46. The topological polar surface area (TPSA) is 70.7 Å². The van der Waals surface area contributed by atoms with Gasteiger partial charge in [-0.25, -0.2) is 0 Å². The van der Waals surface area contributed by atoms with Gasteiger partial charge in [0.1, 0.15) is 5.75 Å². The molecular weight excluding hydrogens is 354 g/mol. The molecule has 1 aliphatic heterocycles. The molecule has 6 nitrogen and oxygen atoms in total. The van der Waals surface area contributed by atoms with Crippen molar-refractivity contribution in [1.29, 1.82) is 0 Å². The third kappa shape index (κ3) is 5.25. The Labute approximate surface area is 165 Å². The number of para-hydroxylation sites is 2. The summed E-state index contributed by atoms with van der Waals surface area (Å²) in [5, 5.41) is 5.92. The fourth-order valence-electron chi connectivity index (χ4n) is 3.36. The van der Waals surface area contributed by atoms with Gasteiger partial charge in [-0.3, -0.25) is 9.59 Å². The van der Waals surface area contributed by atoms with Gasteiger partial charge in [0.15, 0.2) is 0 Å². The number of methoxy groups -OCH3 is 1. The highest BCUT2D eigenvalue weighted by molar-refractivity contribution is 5.98. The van der Waals surface area contributed by atoms with Crippen molar-refractivity contribution in [3.05, 3.63) is 54.1 Å². The van der Waals surface area contributed by atoms with E-state index < -0.39 is 0 Å². The normalized spacial score (nSPS) is 14.1. The minimum Gasteiger partial charge on any atom is -0.495 e. The molecule has 0 spiro atoms. The highest BCUT2D eigenvalue weighted by Gasteiger charge is 2.17. The number of hydrogen-bond donors (Lipinski definition) is 2. The molecule has 0 radical (unpaired) electrons. The molecule has 3 rings (SSSR count). The summed E-state index contributed by atoms with van der Waals surface area (Å²) in [5.41, 5.74) is 1.98. The van der Waals surface area contributed by atoms with Gasteiger partial charge >= 0.3 is 0 Å². The first-order valence-electron chi connectivity index (χ1n) is 9.73. The number of hydrogen-bond acceptors (Lipinski definition) is 4. The molecule has 0 atom stereocenters. The predicted octanol–water partition coefficient (Wildman–Crippen LogP) is 3.76. The minimum absolute atomic E-state index is 0.0325. The molecule has 2 aromatic rings. The number of likely N-dealkylation sites (tertiary alicyclic amines) is 1. The fraction of sp³-hybridized carbons (Fsp3) is 0.364. The van der Waals surface area contributed by atoms with Crippen LogP contribution in [0.25, 0.3) is 0 Å². The standard InChI is InChI=1S/C22H27N3O3/c1-28-20-12-5-4-11-19(20)23-16-21(26)24-18-10-8-9-17(15-18)22(27)25-13-6-2-3-7-14-25/h4-5,8-12,15,23H,2-3,6-7,13-14,16H2,1H3,(H,24,26). The van der Waals surface area contributed by atoms with Gasteiger partial charge in [-0.2, -0.15) is 0 Å². The zero-order valence-electron chi connectivity index (χ0n) is 16.2. The maximum atomic E-state index is 12.8. The molecule has 1 heterocycles. The molecule has 148 valence electrons. The van der Waals surface area contributed by atoms with Gasteiger partial charge in [-0.1, -0.05) is 31.0 Å². The van der Waals surface area contributed by atoms with Crippen LogP contribution in [0.3, 0.4) is 0 Å². The van der Waals surface area contributed by atoms with Crippen molar-refractivity contribution in [3.8, 4) is 5.75 Å². The largest absolute Gasteiger partial charge is 0.495 e. The third-order valence-corrected chi connectivity index (χ3v) is 4.83. The Morgan fingerprint density at radius 3 is 2.50 bits per heavy atom. The average molecular weight is 381 g/mol. The maximum Gasteiger partial charge on any atom is 0.253 e. The SMILES string of the molecule is COc1ccccc1NCC(=O)Nc1cccc(C(=O)N2CCCCCC2)c1. The molecule has 6 heteroatoms. The van der Waals surface area contributed by atoms with Gasteiger partial charge < -0.3 is 20.3 Å². The van der Waals surface area contributed by atoms with Crippen LogP contribution in [0.1, 0.15) is 36.0 Å². The first-order chi connectivity index (χ1) is 13.7. The van der Waals surface area contributed by atoms with E-state index in [1.165, 1.54) is 12.8 Å². The van der Waals surface area contributed by atoms with Crippen molar-refractivity contribution >= 4 is 23.2 Å². The molecule has 0 aromatic heterocycles. The van der Waals surface area contributed by atoms with E-state index in [4.69, 9.17) is 4.74 Å². The molecule has 0 saturated carbocycles. The summed E-state index contributed by atoms with van der Waals surface area (Å²) in [4.78, 5) is 27.0. The Morgan fingerprint density at radius 2 is 1.75 bits per heavy atom. The van der Waals surface area contributed by atoms with Gasteiger partial charge in [0.25, 0.3) is 5.91 Å². The lowest BCUT2D eigenvalue weighted by Crippen LogP contribution is -2.31. The molecule has 2 aromatic carbocycles. The van der Waals surface area contributed by atoms with Gasteiger partial charge in [0.05, 0.1) is 19.3 Å². The van der Waals surface area contributed by atoms with Crippen molar-refractivity contribution in [2.75, 3.05) is 37.4 Å². The summed E-state index contributed by atoms with van der Waals surface area (Å²) >= 11 is 0. The molecule has 0 aliphatic carbocycles. The van der Waals surface area contributed by atoms with E-state index in [0.717, 1.165) is 31.6 Å². The quantitative estimate of drug-likeness (QED) is 0.799. The Bertz CT molecular complexity index is 814.